The molecule has 2 heterocycles. The number of nitrogen functional groups attached to an aromatic ring is 1. The molecule has 1 aliphatic carbocycles. The van der Waals surface area contributed by atoms with Gasteiger partial charge < -0.3 is 10.2 Å². The topological polar surface area (TPSA) is 77.8 Å². The largest absolute Gasteiger partial charge is 0.404 e. The van der Waals surface area contributed by atoms with E-state index in [-0.39, 0.29) is 6.01 Å². The summed E-state index contributed by atoms with van der Waals surface area (Å²) < 4.78 is 5.32. The number of anilines is 1. The van der Waals surface area contributed by atoms with Crippen LogP contribution >= 0.6 is 11.3 Å². The second-order valence-electron chi connectivity index (χ2n) is 6.40. The van der Waals surface area contributed by atoms with Gasteiger partial charge in [0.05, 0.1) is 5.69 Å². The molecule has 2 N–H and O–H groups in total. The molecule has 2 aromatic heterocycles. The molecular weight excluding hydrogens is 344 g/mol. The van der Waals surface area contributed by atoms with Gasteiger partial charge in [-0.1, -0.05) is 29.4 Å². The molecule has 0 unspecified atom stereocenters. The summed E-state index contributed by atoms with van der Waals surface area (Å²) in [5.74, 6) is 0.416. The number of thiazole rings is 1. The lowest BCUT2D eigenvalue weighted by atomic mass is 10.0. The van der Waals surface area contributed by atoms with Crippen LogP contribution < -0.4 is 5.73 Å². The van der Waals surface area contributed by atoms with Crippen molar-refractivity contribution in [2.24, 2.45) is 0 Å². The Bertz CT molecular complexity index is 1100. The molecule has 2 aromatic carbocycles. The van der Waals surface area contributed by atoms with Gasteiger partial charge in [-0.3, -0.25) is 0 Å². The summed E-state index contributed by atoms with van der Waals surface area (Å²) in [6.07, 6.45) is 3.63. The Morgan fingerprint density at radius 3 is 2.69 bits per heavy atom. The molecule has 0 saturated heterocycles. The van der Waals surface area contributed by atoms with Gasteiger partial charge in [0.2, 0.25) is 5.89 Å². The third-order valence-corrected chi connectivity index (χ3v) is 5.59. The minimum Gasteiger partial charge on any atom is -0.404 e. The van der Waals surface area contributed by atoms with Crippen molar-refractivity contribution in [1.82, 2.24) is 15.2 Å². The lowest BCUT2D eigenvalue weighted by Gasteiger charge is -2.02. The zero-order chi connectivity index (χ0) is 17.5. The highest BCUT2D eigenvalue weighted by Crippen LogP contribution is 2.33. The van der Waals surface area contributed by atoms with E-state index in [1.165, 1.54) is 36.0 Å². The SMILES string of the molecule is Nc1nnc(-c2cccc(-c3nc(-c4ccc5c(c4)CCC5)cs3)c2)o1. The van der Waals surface area contributed by atoms with Gasteiger partial charge in [0.1, 0.15) is 5.01 Å². The summed E-state index contributed by atoms with van der Waals surface area (Å²) in [5, 5.41) is 10.7. The maximum absolute atomic E-state index is 5.52. The van der Waals surface area contributed by atoms with Crippen molar-refractivity contribution in [2.75, 3.05) is 5.73 Å². The second-order valence-corrected chi connectivity index (χ2v) is 7.26. The van der Waals surface area contributed by atoms with E-state index in [4.69, 9.17) is 15.1 Å². The number of fused-ring (bicyclic) bond motifs is 1. The Labute approximate surface area is 154 Å². The van der Waals surface area contributed by atoms with Crippen LogP contribution in [-0.2, 0) is 12.8 Å². The smallest absolute Gasteiger partial charge is 0.313 e. The van der Waals surface area contributed by atoms with Crippen molar-refractivity contribution in [1.29, 1.82) is 0 Å². The zero-order valence-electron chi connectivity index (χ0n) is 14.0. The molecule has 128 valence electrons. The number of hydrogen-bond donors (Lipinski definition) is 1. The monoisotopic (exact) mass is 360 g/mol. The lowest BCUT2D eigenvalue weighted by Crippen LogP contribution is -1.85. The summed E-state index contributed by atoms with van der Waals surface area (Å²) in [7, 11) is 0. The number of aromatic nitrogens is 3. The highest BCUT2D eigenvalue weighted by Gasteiger charge is 2.14. The lowest BCUT2D eigenvalue weighted by molar-refractivity contribution is 0.590. The number of aryl methyl sites for hydroxylation is 2. The molecule has 5 nitrogen and oxygen atoms in total. The average molecular weight is 360 g/mol. The molecule has 0 bridgehead atoms. The fraction of sp³-hybridized carbons (Fsp3) is 0.150. The third-order valence-electron chi connectivity index (χ3n) is 4.70. The van der Waals surface area contributed by atoms with E-state index in [0.717, 1.165) is 21.8 Å². The maximum atomic E-state index is 5.52. The van der Waals surface area contributed by atoms with E-state index in [0.29, 0.717) is 5.89 Å². The number of rotatable bonds is 3. The fourth-order valence-corrected chi connectivity index (χ4v) is 4.23. The third kappa shape index (κ3) is 2.68. The standard InChI is InChI=1S/C20H16N4OS/c21-20-24-23-18(25-20)15-5-2-6-16(10-15)19-22-17(11-26-19)14-8-7-12-3-1-4-13(12)9-14/h2,5-11H,1,3-4H2,(H2,21,24). The van der Waals surface area contributed by atoms with E-state index in [2.05, 4.69) is 33.8 Å². The Balaban J connectivity index is 1.49. The first kappa shape index (κ1) is 15.3. The molecule has 0 fully saturated rings. The summed E-state index contributed by atoms with van der Waals surface area (Å²) in [5.41, 5.74) is 12.5. The molecule has 0 aliphatic heterocycles. The summed E-state index contributed by atoms with van der Waals surface area (Å²) >= 11 is 1.64. The Morgan fingerprint density at radius 2 is 1.81 bits per heavy atom. The first-order valence-electron chi connectivity index (χ1n) is 8.54. The highest BCUT2D eigenvalue weighted by atomic mass is 32.1. The van der Waals surface area contributed by atoms with Crippen LogP contribution in [0.4, 0.5) is 6.01 Å². The van der Waals surface area contributed by atoms with Crippen molar-refractivity contribution in [3.8, 4) is 33.3 Å². The Morgan fingerprint density at radius 1 is 0.923 bits per heavy atom. The Kier molecular flexibility index (Phi) is 3.57. The van der Waals surface area contributed by atoms with E-state index in [1.54, 1.807) is 11.3 Å². The van der Waals surface area contributed by atoms with Crippen LogP contribution in [0, 0.1) is 0 Å². The van der Waals surface area contributed by atoms with Crippen LogP contribution in [0.3, 0.4) is 0 Å². The first-order chi connectivity index (χ1) is 12.8. The summed E-state index contributed by atoms with van der Waals surface area (Å²) in [4.78, 5) is 4.84. The van der Waals surface area contributed by atoms with Crippen molar-refractivity contribution in [3.05, 3.63) is 59.0 Å². The minimum atomic E-state index is 0.0681. The molecule has 0 spiro atoms. The fourth-order valence-electron chi connectivity index (χ4n) is 3.41. The maximum Gasteiger partial charge on any atom is 0.313 e. The van der Waals surface area contributed by atoms with Crippen molar-refractivity contribution >= 4 is 17.4 Å². The second kappa shape index (κ2) is 6.07. The van der Waals surface area contributed by atoms with Crippen LogP contribution in [0.1, 0.15) is 17.5 Å². The van der Waals surface area contributed by atoms with Gasteiger partial charge in [0.25, 0.3) is 0 Å². The molecule has 6 heteroatoms. The van der Waals surface area contributed by atoms with Gasteiger partial charge in [0, 0.05) is 22.1 Å². The van der Waals surface area contributed by atoms with E-state index >= 15 is 0 Å². The average Bonchev–Trinajstić information content (AvgIpc) is 3.41. The highest BCUT2D eigenvalue weighted by molar-refractivity contribution is 7.13. The van der Waals surface area contributed by atoms with Crippen LogP contribution in [0.25, 0.3) is 33.3 Å². The normalized spacial score (nSPS) is 13.1. The first-order valence-corrected chi connectivity index (χ1v) is 9.42. The van der Waals surface area contributed by atoms with Gasteiger partial charge in [-0.25, -0.2) is 4.98 Å². The minimum absolute atomic E-state index is 0.0681. The van der Waals surface area contributed by atoms with Crippen molar-refractivity contribution in [3.63, 3.8) is 0 Å². The van der Waals surface area contributed by atoms with Gasteiger partial charge >= 0.3 is 6.01 Å². The Hall–Kier alpha value is -2.99. The van der Waals surface area contributed by atoms with Crippen molar-refractivity contribution < 1.29 is 4.42 Å². The summed E-state index contributed by atoms with van der Waals surface area (Å²) in [6, 6.07) is 14.7. The predicted octanol–water partition coefficient (Wildman–Crippen LogP) is 4.60. The number of benzene rings is 2. The van der Waals surface area contributed by atoms with Crippen LogP contribution in [0.15, 0.2) is 52.3 Å². The van der Waals surface area contributed by atoms with Gasteiger partial charge in [-0.15, -0.1) is 16.4 Å². The molecule has 0 atom stereocenters. The van der Waals surface area contributed by atoms with Gasteiger partial charge in [-0.05, 0) is 48.6 Å². The van der Waals surface area contributed by atoms with E-state index < -0.39 is 0 Å². The molecule has 4 aromatic rings. The predicted molar refractivity (Wildman–Crippen MR) is 103 cm³/mol. The molecule has 26 heavy (non-hydrogen) atoms. The van der Waals surface area contributed by atoms with Crippen LogP contribution in [0.5, 0.6) is 0 Å². The van der Waals surface area contributed by atoms with Crippen molar-refractivity contribution in [2.45, 2.75) is 19.3 Å². The molecule has 5 rings (SSSR count). The van der Waals surface area contributed by atoms with Crippen LogP contribution in [-0.4, -0.2) is 15.2 Å². The molecule has 0 amide bonds. The van der Waals surface area contributed by atoms with Gasteiger partial charge in [0.15, 0.2) is 0 Å². The molecular formula is C20H16N4OS. The number of hydrogen-bond acceptors (Lipinski definition) is 6. The van der Waals surface area contributed by atoms with E-state index in [9.17, 15) is 0 Å². The number of nitrogens with two attached hydrogens (primary N) is 1. The quantitative estimate of drug-likeness (QED) is 0.578. The van der Waals surface area contributed by atoms with Crippen LogP contribution in [0.2, 0.25) is 0 Å². The number of nitrogens with zero attached hydrogens (tertiary/aromatic N) is 3. The molecule has 0 saturated carbocycles. The zero-order valence-corrected chi connectivity index (χ0v) is 14.8. The molecule has 0 radical (unpaired) electrons. The summed E-state index contributed by atoms with van der Waals surface area (Å²) in [6.45, 7) is 0. The van der Waals surface area contributed by atoms with Gasteiger partial charge in [-0.2, -0.15) is 0 Å². The van der Waals surface area contributed by atoms with E-state index in [1.807, 2.05) is 24.3 Å². The molecule has 1 aliphatic rings.